The zero-order valence-corrected chi connectivity index (χ0v) is 13.9. The minimum Gasteiger partial charge on any atom is -0.340 e. The summed E-state index contributed by atoms with van der Waals surface area (Å²) >= 11 is 0. The lowest BCUT2D eigenvalue weighted by Crippen LogP contribution is -2.31. The number of hydrogen-bond donors (Lipinski definition) is 0. The van der Waals surface area contributed by atoms with Gasteiger partial charge in [0, 0.05) is 31.4 Å². The molecule has 1 saturated heterocycles. The van der Waals surface area contributed by atoms with E-state index in [4.69, 9.17) is 4.52 Å². The molecule has 128 valence electrons. The van der Waals surface area contributed by atoms with Crippen LogP contribution in [0.4, 0.5) is 0 Å². The molecule has 0 unspecified atom stereocenters. The molecule has 0 spiro atoms. The fourth-order valence-electron chi connectivity index (χ4n) is 3.40. The summed E-state index contributed by atoms with van der Waals surface area (Å²) in [5.74, 6) is 1.44. The van der Waals surface area contributed by atoms with E-state index in [2.05, 4.69) is 27.3 Å². The van der Waals surface area contributed by atoms with Crippen LogP contribution in [0.5, 0.6) is 0 Å². The summed E-state index contributed by atoms with van der Waals surface area (Å²) in [6.45, 7) is 3.32. The predicted molar refractivity (Wildman–Crippen MR) is 89.8 cm³/mol. The molecule has 7 nitrogen and oxygen atoms in total. The molecule has 1 amide bonds. The molecule has 3 heterocycles. The van der Waals surface area contributed by atoms with Crippen molar-refractivity contribution in [1.82, 2.24) is 24.6 Å². The highest BCUT2D eigenvalue weighted by Crippen LogP contribution is 2.39. The highest BCUT2D eigenvalue weighted by Gasteiger charge is 2.40. The SMILES string of the molecule is Cc1noc([C@@H]2CN(C(=O)Cn3ccnc3)C[C@H]2c2ccccc2)n1. The van der Waals surface area contributed by atoms with Crippen molar-refractivity contribution in [2.45, 2.75) is 25.3 Å². The molecular weight excluding hydrogens is 318 g/mol. The summed E-state index contributed by atoms with van der Waals surface area (Å²) in [7, 11) is 0. The molecule has 25 heavy (non-hydrogen) atoms. The number of rotatable bonds is 4. The maximum absolute atomic E-state index is 12.7. The molecule has 1 aliphatic heterocycles. The molecule has 0 bridgehead atoms. The first-order valence-corrected chi connectivity index (χ1v) is 8.29. The minimum atomic E-state index is 0.00957. The van der Waals surface area contributed by atoms with E-state index in [0.717, 1.165) is 0 Å². The molecule has 1 fully saturated rings. The van der Waals surface area contributed by atoms with Crippen molar-refractivity contribution in [1.29, 1.82) is 0 Å². The van der Waals surface area contributed by atoms with Crippen LogP contribution in [0.3, 0.4) is 0 Å². The van der Waals surface area contributed by atoms with E-state index >= 15 is 0 Å². The van der Waals surface area contributed by atoms with Gasteiger partial charge in [-0.2, -0.15) is 4.98 Å². The average molecular weight is 337 g/mol. The van der Waals surface area contributed by atoms with Gasteiger partial charge in [-0.05, 0) is 12.5 Å². The molecule has 2 atom stereocenters. The number of carbonyl (C=O) groups is 1. The van der Waals surface area contributed by atoms with Crippen LogP contribution in [0, 0.1) is 6.92 Å². The average Bonchev–Trinajstić information content (AvgIpc) is 3.35. The van der Waals surface area contributed by atoms with E-state index in [0.29, 0.717) is 24.8 Å². The second-order valence-electron chi connectivity index (χ2n) is 6.34. The van der Waals surface area contributed by atoms with Crippen LogP contribution in [0.15, 0.2) is 53.6 Å². The van der Waals surface area contributed by atoms with E-state index in [-0.39, 0.29) is 24.3 Å². The molecule has 2 aromatic heterocycles. The van der Waals surface area contributed by atoms with E-state index in [1.165, 1.54) is 5.56 Å². The third-order valence-corrected chi connectivity index (χ3v) is 4.64. The van der Waals surface area contributed by atoms with E-state index in [1.54, 1.807) is 30.2 Å². The summed E-state index contributed by atoms with van der Waals surface area (Å²) in [6.07, 6.45) is 5.12. The van der Waals surface area contributed by atoms with E-state index in [9.17, 15) is 4.79 Å². The number of aromatic nitrogens is 4. The normalized spacial score (nSPS) is 20.1. The molecule has 7 heteroatoms. The van der Waals surface area contributed by atoms with Gasteiger partial charge in [0.25, 0.3) is 0 Å². The van der Waals surface area contributed by atoms with Gasteiger partial charge in [0.05, 0.1) is 12.2 Å². The Labute approximate surface area is 145 Å². The molecule has 0 radical (unpaired) electrons. The van der Waals surface area contributed by atoms with Crippen molar-refractivity contribution >= 4 is 5.91 Å². The van der Waals surface area contributed by atoms with Crippen LogP contribution in [-0.4, -0.2) is 43.6 Å². The summed E-state index contributed by atoms with van der Waals surface area (Å²) < 4.78 is 7.20. The zero-order chi connectivity index (χ0) is 17.2. The summed E-state index contributed by atoms with van der Waals surface area (Å²) in [6, 6.07) is 10.2. The van der Waals surface area contributed by atoms with Crippen LogP contribution in [0.2, 0.25) is 0 Å². The van der Waals surface area contributed by atoms with Crippen LogP contribution < -0.4 is 0 Å². The Balaban J connectivity index is 1.59. The first kappa shape index (κ1) is 15.6. The number of aryl methyl sites for hydroxylation is 1. The molecule has 0 N–H and O–H groups in total. The third kappa shape index (κ3) is 3.17. The molecule has 4 rings (SSSR count). The first-order chi connectivity index (χ1) is 12.2. The number of amides is 1. The van der Waals surface area contributed by atoms with E-state index in [1.807, 2.05) is 23.1 Å². The third-order valence-electron chi connectivity index (χ3n) is 4.64. The van der Waals surface area contributed by atoms with Crippen molar-refractivity contribution in [3.8, 4) is 0 Å². The van der Waals surface area contributed by atoms with Gasteiger partial charge in [0.1, 0.15) is 6.54 Å². The fourth-order valence-corrected chi connectivity index (χ4v) is 3.40. The highest BCUT2D eigenvalue weighted by atomic mass is 16.5. The second-order valence-corrected chi connectivity index (χ2v) is 6.34. The summed E-state index contributed by atoms with van der Waals surface area (Å²) in [5.41, 5.74) is 1.18. The van der Waals surface area contributed by atoms with Gasteiger partial charge in [-0.15, -0.1) is 0 Å². The molecule has 0 saturated carbocycles. The molecule has 0 aliphatic carbocycles. The Morgan fingerprint density at radius 2 is 2.04 bits per heavy atom. The van der Waals surface area contributed by atoms with Crippen molar-refractivity contribution in [2.24, 2.45) is 0 Å². The quantitative estimate of drug-likeness (QED) is 0.727. The fraction of sp³-hybridized carbons (Fsp3) is 0.333. The second kappa shape index (κ2) is 6.51. The van der Waals surface area contributed by atoms with Gasteiger partial charge in [-0.25, -0.2) is 4.98 Å². The summed E-state index contributed by atoms with van der Waals surface area (Å²) in [5, 5.41) is 3.92. The minimum absolute atomic E-state index is 0.00957. The van der Waals surface area contributed by atoms with Crippen LogP contribution >= 0.6 is 0 Å². The number of hydrogen-bond acceptors (Lipinski definition) is 5. The highest BCUT2D eigenvalue weighted by molar-refractivity contribution is 5.76. The molecule has 1 aromatic carbocycles. The Kier molecular flexibility index (Phi) is 4.05. The summed E-state index contributed by atoms with van der Waals surface area (Å²) in [4.78, 5) is 23.0. The number of nitrogens with zero attached hydrogens (tertiary/aromatic N) is 5. The number of carbonyl (C=O) groups excluding carboxylic acids is 1. The number of imidazole rings is 1. The molecule has 1 aliphatic rings. The largest absolute Gasteiger partial charge is 0.340 e. The lowest BCUT2D eigenvalue weighted by atomic mass is 9.89. The zero-order valence-electron chi connectivity index (χ0n) is 13.9. The van der Waals surface area contributed by atoms with Crippen molar-refractivity contribution in [2.75, 3.05) is 13.1 Å². The number of likely N-dealkylation sites (tertiary alicyclic amines) is 1. The van der Waals surface area contributed by atoms with E-state index < -0.39 is 0 Å². The van der Waals surface area contributed by atoms with Gasteiger partial charge in [-0.3, -0.25) is 4.79 Å². The lowest BCUT2D eigenvalue weighted by Gasteiger charge is -2.16. The maximum atomic E-state index is 12.7. The van der Waals surface area contributed by atoms with Crippen LogP contribution in [0.25, 0.3) is 0 Å². The number of benzene rings is 1. The van der Waals surface area contributed by atoms with Gasteiger partial charge in [0.15, 0.2) is 5.82 Å². The topological polar surface area (TPSA) is 77.0 Å². The lowest BCUT2D eigenvalue weighted by molar-refractivity contribution is -0.130. The van der Waals surface area contributed by atoms with Gasteiger partial charge in [-0.1, -0.05) is 35.5 Å². The standard InChI is InChI=1S/C18H19N5O2/c1-13-20-18(25-21-13)16-10-23(17(24)11-22-8-7-19-12-22)9-15(16)14-5-3-2-4-6-14/h2-8,12,15-16H,9-11H2,1H3/t15-,16+/m0/s1. The smallest absolute Gasteiger partial charge is 0.242 e. The van der Waals surface area contributed by atoms with Crippen LogP contribution in [0.1, 0.15) is 29.1 Å². The van der Waals surface area contributed by atoms with Crippen LogP contribution in [-0.2, 0) is 11.3 Å². The first-order valence-electron chi connectivity index (χ1n) is 8.29. The van der Waals surface area contributed by atoms with Crippen molar-refractivity contribution in [3.63, 3.8) is 0 Å². The molecular formula is C18H19N5O2. The van der Waals surface area contributed by atoms with Crippen molar-refractivity contribution < 1.29 is 9.32 Å². The Bertz CT molecular complexity index is 844. The molecule has 3 aromatic rings. The van der Waals surface area contributed by atoms with Gasteiger partial charge >= 0.3 is 0 Å². The Morgan fingerprint density at radius 1 is 1.24 bits per heavy atom. The monoisotopic (exact) mass is 337 g/mol. The Hall–Kier alpha value is -2.96. The predicted octanol–water partition coefficient (Wildman–Crippen LogP) is 1.98. The van der Waals surface area contributed by atoms with Gasteiger partial charge in [0.2, 0.25) is 11.8 Å². The van der Waals surface area contributed by atoms with Gasteiger partial charge < -0.3 is 14.0 Å². The van der Waals surface area contributed by atoms with Crippen molar-refractivity contribution in [3.05, 3.63) is 66.3 Å². The maximum Gasteiger partial charge on any atom is 0.242 e. The Morgan fingerprint density at radius 3 is 2.72 bits per heavy atom.